The quantitative estimate of drug-likeness (QED) is 0.850. The Morgan fingerprint density at radius 1 is 1.38 bits per heavy atom. The van der Waals surface area contributed by atoms with Gasteiger partial charge in [0, 0.05) is 10.0 Å². The second-order valence-corrected chi connectivity index (χ2v) is 4.40. The van der Waals surface area contributed by atoms with Crippen LogP contribution in [0.25, 0.3) is 11.4 Å². The van der Waals surface area contributed by atoms with Gasteiger partial charge < -0.3 is 10.1 Å². The highest BCUT2D eigenvalue weighted by Crippen LogP contribution is 2.28. The summed E-state index contributed by atoms with van der Waals surface area (Å²) in [6, 6.07) is 6.15. The third kappa shape index (κ3) is 2.25. The first-order valence-electron chi connectivity index (χ1n) is 4.32. The van der Waals surface area contributed by atoms with Gasteiger partial charge in [0.1, 0.15) is 5.82 Å². The monoisotopic (exact) mass is 300 g/mol. The van der Waals surface area contributed by atoms with Crippen LogP contribution in [0.2, 0.25) is 5.02 Å². The van der Waals surface area contributed by atoms with Gasteiger partial charge in [-0.25, -0.2) is 0 Å². The van der Waals surface area contributed by atoms with E-state index in [-0.39, 0.29) is 11.7 Å². The van der Waals surface area contributed by atoms with Crippen molar-refractivity contribution in [3.05, 3.63) is 44.1 Å². The van der Waals surface area contributed by atoms with E-state index >= 15 is 0 Å². The highest BCUT2D eigenvalue weighted by molar-refractivity contribution is 9.10. The van der Waals surface area contributed by atoms with Gasteiger partial charge in [0.2, 0.25) is 5.88 Å². The standard InChI is InChI=1S/C10H6BrClN2O2/c11-5-1-2-7(12)6(3-5)10-13-8(15)4-9(16)14-10/h1-4H,(H2,13,14,15,16). The Labute approximate surface area is 104 Å². The SMILES string of the molecule is O=c1cc(O)nc(-c2cc(Br)ccc2Cl)[nH]1. The molecule has 0 atom stereocenters. The molecule has 82 valence electrons. The summed E-state index contributed by atoms with van der Waals surface area (Å²) in [5.74, 6) is -0.105. The Morgan fingerprint density at radius 2 is 2.12 bits per heavy atom. The number of nitrogens with one attached hydrogen (secondary N) is 1. The Kier molecular flexibility index (Phi) is 2.98. The minimum absolute atomic E-state index is 0.233. The molecule has 0 amide bonds. The summed E-state index contributed by atoms with van der Waals surface area (Å²) < 4.78 is 0.804. The first kappa shape index (κ1) is 11.2. The topological polar surface area (TPSA) is 66.0 Å². The molecule has 0 spiro atoms. The van der Waals surface area contributed by atoms with Crippen LogP contribution in [0.5, 0.6) is 5.88 Å². The summed E-state index contributed by atoms with van der Waals surface area (Å²) in [7, 11) is 0. The molecule has 6 heteroatoms. The first-order valence-corrected chi connectivity index (χ1v) is 5.49. The van der Waals surface area contributed by atoms with E-state index in [4.69, 9.17) is 11.6 Å². The molecule has 0 bridgehead atoms. The molecular weight excluding hydrogens is 295 g/mol. The van der Waals surface area contributed by atoms with E-state index in [0.29, 0.717) is 10.6 Å². The number of halogens is 2. The molecule has 0 aliphatic heterocycles. The Balaban J connectivity index is 2.66. The number of aromatic amines is 1. The van der Waals surface area contributed by atoms with E-state index < -0.39 is 5.56 Å². The van der Waals surface area contributed by atoms with Crippen LogP contribution in [0.4, 0.5) is 0 Å². The zero-order chi connectivity index (χ0) is 11.7. The predicted molar refractivity (Wildman–Crippen MR) is 64.7 cm³/mol. The molecule has 1 aromatic heterocycles. The van der Waals surface area contributed by atoms with Crippen LogP contribution in [-0.4, -0.2) is 15.1 Å². The minimum Gasteiger partial charge on any atom is -0.493 e. The molecule has 2 rings (SSSR count). The summed E-state index contributed by atoms with van der Waals surface area (Å²) in [6.07, 6.45) is 0. The first-order chi connectivity index (χ1) is 7.56. The zero-order valence-electron chi connectivity index (χ0n) is 7.87. The highest BCUT2D eigenvalue weighted by Gasteiger charge is 2.08. The summed E-state index contributed by atoms with van der Waals surface area (Å²) in [6.45, 7) is 0. The third-order valence-corrected chi connectivity index (χ3v) is 2.73. The molecule has 4 nitrogen and oxygen atoms in total. The number of aromatic hydroxyl groups is 1. The van der Waals surface area contributed by atoms with E-state index in [1.54, 1.807) is 18.2 Å². The van der Waals surface area contributed by atoms with Crippen molar-refractivity contribution in [1.29, 1.82) is 0 Å². The van der Waals surface area contributed by atoms with Gasteiger partial charge in [-0.15, -0.1) is 0 Å². The van der Waals surface area contributed by atoms with Gasteiger partial charge in [0.25, 0.3) is 5.56 Å². The summed E-state index contributed by atoms with van der Waals surface area (Å²) in [5, 5.41) is 9.67. The van der Waals surface area contributed by atoms with Crippen molar-refractivity contribution in [3.63, 3.8) is 0 Å². The van der Waals surface area contributed by atoms with Gasteiger partial charge in [-0.3, -0.25) is 4.79 Å². The van der Waals surface area contributed by atoms with Gasteiger partial charge in [0.05, 0.1) is 11.1 Å². The second-order valence-electron chi connectivity index (χ2n) is 3.08. The molecule has 0 unspecified atom stereocenters. The Hall–Kier alpha value is -1.33. The van der Waals surface area contributed by atoms with Crippen LogP contribution < -0.4 is 5.56 Å². The number of benzene rings is 1. The zero-order valence-corrected chi connectivity index (χ0v) is 10.2. The number of nitrogens with zero attached hydrogens (tertiary/aromatic N) is 1. The molecule has 0 fully saturated rings. The van der Waals surface area contributed by atoms with Crippen molar-refractivity contribution in [2.24, 2.45) is 0 Å². The Bertz CT molecular complexity index is 598. The summed E-state index contributed by atoms with van der Waals surface area (Å²) in [5.41, 5.74) is 0.114. The molecule has 0 aliphatic rings. The smallest absolute Gasteiger partial charge is 0.254 e. The lowest BCUT2D eigenvalue weighted by Crippen LogP contribution is -2.06. The minimum atomic E-state index is -0.432. The second kappa shape index (κ2) is 4.27. The molecule has 2 N–H and O–H groups in total. The van der Waals surface area contributed by atoms with Gasteiger partial charge in [-0.2, -0.15) is 4.98 Å². The van der Waals surface area contributed by atoms with Crippen molar-refractivity contribution in [2.45, 2.75) is 0 Å². The maximum absolute atomic E-state index is 11.2. The molecule has 16 heavy (non-hydrogen) atoms. The lowest BCUT2D eigenvalue weighted by molar-refractivity contribution is 0.452. The Morgan fingerprint density at radius 3 is 2.81 bits per heavy atom. The van der Waals surface area contributed by atoms with Crippen LogP contribution in [0.3, 0.4) is 0 Å². The predicted octanol–water partition coefficient (Wildman–Crippen LogP) is 2.56. The highest BCUT2D eigenvalue weighted by atomic mass is 79.9. The van der Waals surface area contributed by atoms with Crippen molar-refractivity contribution >= 4 is 27.5 Å². The molecule has 0 saturated heterocycles. The third-order valence-electron chi connectivity index (χ3n) is 1.91. The lowest BCUT2D eigenvalue weighted by Gasteiger charge is -2.04. The average Bonchev–Trinajstić information content (AvgIpc) is 2.20. The van der Waals surface area contributed by atoms with E-state index in [0.717, 1.165) is 10.5 Å². The van der Waals surface area contributed by atoms with Crippen molar-refractivity contribution in [3.8, 4) is 17.3 Å². The van der Waals surface area contributed by atoms with E-state index in [2.05, 4.69) is 25.9 Å². The van der Waals surface area contributed by atoms with Gasteiger partial charge in [-0.1, -0.05) is 27.5 Å². The summed E-state index contributed by atoms with van der Waals surface area (Å²) >= 11 is 9.26. The number of rotatable bonds is 1. The largest absolute Gasteiger partial charge is 0.493 e. The number of aromatic nitrogens is 2. The molecule has 0 radical (unpaired) electrons. The maximum atomic E-state index is 11.2. The maximum Gasteiger partial charge on any atom is 0.254 e. The van der Waals surface area contributed by atoms with E-state index in [9.17, 15) is 9.90 Å². The van der Waals surface area contributed by atoms with Gasteiger partial charge in [-0.05, 0) is 18.2 Å². The molecular formula is C10H6BrClN2O2. The normalized spacial score (nSPS) is 10.4. The number of hydrogen-bond donors (Lipinski definition) is 2. The van der Waals surface area contributed by atoms with Gasteiger partial charge >= 0.3 is 0 Å². The molecule has 2 aromatic rings. The molecule has 1 aromatic carbocycles. The van der Waals surface area contributed by atoms with Crippen molar-refractivity contribution in [2.75, 3.05) is 0 Å². The summed E-state index contributed by atoms with van der Waals surface area (Å²) in [4.78, 5) is 17.5. The van der Waals surface area contributed by atoms with Crippen molar-refractivity contribution < 1.29 is 5.11 Å². The average molecular weight is 302 g/mol. The van der Waals surface area contributed by atoms with Crippen LogP contribution in [-0.2, 0) is 0 Å². The fourth-order valence-electron chi connectivity index (χ4n) is 1.25. The fourth-order valence-corrected chi connectivity index (χ4v) is 1.82. The van der Waals surface area contributed by atoms with Crippen LogP contribution in [0.1, 0.15) is 0 Å². The molecule has 1 heterocycles. The van der Waals surface area contributed by atoms with Crippen LogP contribution in [0, 0.1) is 0 Å². The fraction of sp³-hybridized carbons (Fsp3) is 0. The number of hydrogen-bond acceptors (Lipinski definition) is 3. The lowest BCUT2D eigenvalue weighted by atomic mass is 10.2. The number of H-pyrrole nitrogens is 1. The van der Waals surface area contributed by atoms with E-state index in [1.807, 2.05) is 0 Å². The van der Waals surface area contributed by atoms with Crippen LogP contribution in [0.15, 0.2) is 33.5 Å². The molecule has 0 aliphatic carbocycles. The van der Waals surface area contributed by atoms with E-state index in [1.165, 1.54) is 0 Å². The van der Waals surface area contributed by atoms with Gasteiger partial charge in [0.15, 0.2) is 0 Å². The molecule has 0 saturated carbocycles. The van der Waals surface area contributed by atoms with Crippen LogP contribution >= 0.6 is 27.5 Å². The van der Waals surface area contributed by atoms with Crippen molar-refractivity contribution in [1.82, 2.24) is 9.97 Å².